The van der Waals surface area contributed by atoms with Crippen LogP contribution in [0.3, 0.4) is 0 Å². The highest BCUT2D eigenvalue weighted by Gasteiger charge is 2.33. The zero-order valence-electron chi connectivity index (χ0n) is 17.5. The number of sulfonamides is 1. The number of anilines is 1. The third-order valence-corrected chi connectivity index (χ3v) is 7.20. The van der Waals surface area contributed by atoms with Gasteiger partial charge in [-0.1, -0.05) is 19.1 Å². The van der Waals surface area contributed by atoms with Gasteiger partial charge >= 0.3 is 5.97 Å². The fourth-order valence-corrected chi connectivity index (χ4v) is 4.88. The molecule has 32 heavy (non-hydrogen) atoms. The van der Waals surface area contributed by atoms with E-state index in [2.05, 4.69) is 5.32 Å². The lowest BCUT2D eigenvalue weighted by atomic mass is 9.98. The second-order valence-electron chi connectivity index (χ2n) is 7.46. The number of benzene rings is 2. The Kier molecular flexibility index (Phi) is 7.57. The van der Waals surface area contributed by atoms with Crippen molar-refractivity contribution in [3.05, 3.63) is 59.7 Å². The largest absolute Gasteiger partial charge is 0.455 e. The molecule has 1 aliphatic rings. The molecule has 7 nitrogen and oxygen atoms in total. The topological polar surface area (TPSA) is 92.8 Å². The molecule has 2 aromatic carbocycles. The number of hydrogen-bond acceptors (Lipinski definition) is 5. The number of aryl methyl sites for hydroxylation is 1. The quantitative estimate of drug-likeness (QED) is 0.633. The molecule has 2 aromatic rings. The van der Waals surface area contributed by atoms with Crippen molar-refractivity contribution < 1.29 is 31.5 Å². The molecule has 1 N–H and O–H groups in total. The van der Waals surface area contributed by atoms with E-state index in [-0.39, 0.29) is 30.8 Å². The first-order chi connectivity index (χ1) is 15.2. The third-order valence-electron chi connectivity index (χ3n) is 5.31. The Morgan fingerprint density at radius 2 is 1.72 bits per heavy atom. The first-order valence-corrected chi connectivity index (χ1v) is 11.7. The Labute approximate surface area is 185 Å². The molecular weight excluding hydrogens is 442 g/mol. The highest BCUT2D eigenvalue weighted by Crippen LogP contribution is 2.25. The van der Waals surface area contributed by atoms with Gasteiger partial charge < -0.3 is 10.1 Å². The molecule has 0 radical (unpaired) electrons. The Morgan fingerprint density at radius 3 is 2.31 bits per heavy atom. The van der Waals surface area contributed by atoms with Crippen molar-refractivity contribution in [3.63, 3.8) is 0 Å². The van der Waals surface area contributed by atoms with Gasteiger partial charge in [-0.2, -0.15) is 4.31 Å². The number of ether oxygens (including phenoxy) is 1. The smallest absolute Gasteiger partial charge is 0.309 e. The average Bonchev–Trinajstić information content (AvgIpc) is 2.79. The summed E-state index contributed by atoms with van der Waals surface area (Å²) in [5.41, 5.74) is 1.73. The predicted octanol–water partition coefficient (Wildman–Crippen LogP) is 3.11. The van der Waals surface area contributed by atoms with Crippen molar-refractivity contribution in [2.24, 2.45) is 5.92 Å². The van der Waals surface area contributed by atoms with E-state index < -0.39 is 46.1 Å². The number of halogens is 2. The molecule has 172 valence electrons. The third kappa shape index (κ3) is 5.68. The molecule has 0 unspecified atom stereocenters. The van der Waals surface area contributed by atoms with Gasteiger partial charge in [0.2, 0.25) is 10.0 Å². The lowest BCUT2D eigenvalue weighted by Gasteiger charge is -2.30. The number of hydrogen-bond donors (Lipinski definition) is 1. The molecule has 0 aliphatic carbocycles. The molecule has 1 amide bonds. The predicted molar refractivity (Wildman–Crippen MR) is 113 cm³/mol. The zero-order valence-corrected chi connectivity index (χ0v) is 18.3. The van der Waals surface area contributed by atoms with E-state index in [1.165, 1.54) is 0 Å². The van der Waals surface area contributed by atoms with E-state index >= 15 is 0 Å². The first-order valence-electron chi connectivity index (χ1n) is 10.2. The van der Waals surface area contributed by atoms with E-state index in [1.54, 1.807) is 12.1 Å². The molecule has 3 rings (SSSR count). The van der Waals surface area contributed by atoms with Gasteiger partial charge in [-0.05, 0) is 55.2 Å². The molecule has 1 saturated heterocycles. The number of rotatable bonds is 7. The highest BCUT2D eigenvalue weighted by molar-refractivity contribution is 7.89. The molecule has 1 aliphatic heterocycles. The molecule has 0 aromatic heterocycles. The van der Waals surface area contributed by atoms with Crippen LogP contribution < -0.4 is 5.32 Å². The standard InChI is InChI=1S/C22H24F2N2O5S/c1-2-15-3-5-17(6-4-15)25-21(27)14-31-22(28)16-9-11-26(12-10-16)32(29,30)18-7-8-19(23)20(24)13-18/h3-8,13,16H,2,9-12,14H2,1H3,(H,25,27). The second kappa shape index (κ2) is 10.2. The van der Waals surface area contributed by atoms with Gasteiger partial charge in [0.05, 0.1) is 10.8 Å². The number of nitrogens with one attached hydrogen (secondary N) is 1. The van der Waals surface area contributed by atoms with Gasteiger partial charge in [-0.3, -0.25) is 9.59 Å². The lowest BCUT2D eigenvalue weighted by molar-refractivity contribution is -0.152. The van der Waals surface area contributed by atoms with Crippen molar-refractivity contribution in [1.29, 1.82) is 0 Å². The summed E-state index contributed by atoms with van der Waals surface area (Å²) in [6.07, 6.45) is 1.27. The van der Waals surface area contributed by atoms with Crippen LogP contribution in [0.25, 0.3) is 0 Å². The minimum Gasteiger partial charge on any atom is -0.455 e. The van der Waals surface area contributed by atoms with Gasteiger partial charge in [-0.15, -0.1) is 0 Å². The van der Waals surface area contributed by atoms with Crippen molar-refractivity contribution in [1.82, 2.24) is 4.31 Å². The molecular formula is C22H24F2N2O5S. The summed E-state index contributed by atoms with van der Waals surface area (Å²) in [5, 5.41) is 2.64. The summed E-state index contributed by atoms with van der Waals surface area (Å²) in [6.45, 7) is 1.63. The molecule has 0 spiro atoms. The number of carbonyl (C=O) groups excluding carboxylic acids is 2. The molecule has 1 fully saturated rings. The summed E-state index contributed by atoms with van der Waals surface area (Å²) >= 11 is 0. The van der Waals surface area contributed by atoms with Crippen LogP contribution >= 0.6 is 0 Å². The Bertz CT molecular complexity index is 1080. The van der Waals surface area contributed by atoms with Gasteiger partial charge in [0, 0.05) is 18.8 Å². The van der Waals surface area contributed by atoms with Crippen molar-refractivity contribution in [3.8, 4) is 0 Å². The normalized spacial score (nSPS) is 15.3. The Morgan fingerprint density at radius 1 is 1.06 bits per heavy atom. The summed E-state index contributed by atoms with van der Waals surface area (Å²) in [7, 11) is -4.01. The van der Waals surface area contributed by atoms with Crippen molar-refractivity contribution >= 4 is 27.6 Å². The van der Waals surface area contributed by atoms with Crippen LogP contribution in [0.5, 0.6) is 0 Å². The Hall–Kier alpha value is -2.85. The second-order valence-corrected chi connectivity index (χ2v) is 9.40. The number of esters is 1. The molecule has 0 bridgehead atoms. The highest BCUT2D eigenvalue weighted by atomic mass is 32.2. The first kappa shape index (κ1) is 23.8. The van der Waals surface area contributed by atoms with Crippen LogP contribution in [0.2, 0.25) is 0 Å². The minimum absolute atomic E-state index is 0.0249. The molecule has 1 heterocycles. The number of nitrogens with zero attached hydrogens (tertiary/aromatic N) is 1. The minimum atomic E-state index is -4.01. The molecule has 10 heteroatoms. The van der Waals surface area contributed by atoms with Crippen LogP contribution in [0, 0.1) is 17.6 Å². The van der Waals surface area contributed by atoms with E-state index in [1.807, 2.05) is 19.1 Å². The maximum Gasteiger partial charge on any atom is 0.309 e. The van der Waals surface area contributed by atoms with E-state index in [9.17, 15) is 26.8 Å². The molecule has 0 saturated carbocycles. The van der Waals surface area contributed by atoms with Crippen molar-refractivity contribution in [2.45, 2.75) is 31.1 Å². The summed E-state index contributed by atoms with van der Waals surface area (Å²) in [5.74, 6) is -3.98. The van der Waals surface area contributed by atoms with Gasteiger partial charge in [0.25, 0.3) is 5.91 Å². The number of carbonyl (C=O) groups is 2. The SMILES string of the molecule is CCc1ccc(NC(=O)COC(=O)C2CCN(S(=O)(=O)c3ccc(F)c(F)c3)CC2)cc1. The van der Waals surface area contributed by atoms with Crippen LogP contribution in [-0.4, -0.2) is 44.3 Å². The average molecular weight is 467 g/mol. The van der Waals surface area contributed by atoms with Crippen molar-refractivity contribution in [2.75, 3.05) is 25.0 Å². The van der Waals surface area contributed by atoms with Crippen LogP contribution in [-0.2, 0) is 30.8 Å². The van der Waals surface area contributed by atoms with E-state index in [4.69, 9.17) is 4.74 Å². The summed E-state index contributed by atoms with van der Waals surface area (Å²) in [4.78, 5) is 24.0. The molecule has 0 atom stereocenters. The summed E-state index contributed by atoms with van der Waals surface area (Å²) in [6, 6.07) is 9.72. The Balaban J connectivity index is 1.48. The monoisotopic (exact) mass is 466 g/mol. The fourth-order valence-electron chi connectivity index (χ4n) is 3.39. The number of piperidine rings is 1. The fraction of sp³-hybridized carbons (Fsp3) is 0.364. The zero-order chi connectivity index (χ0) is 23.3. The van der Waals surface area contributed by atoms with Crippen LogP contribution in [0.1, 0.15) is 25.3 Å². The maximum absolute atomic E-state index is 13.4. The van der Waals surface area contributed by atoms with Gasteiger partial charge in [0.15, 0.2) is 18.2 Å². The number of amides is 1. The maximum atomic E-state index is 13.4. The van der Waals surface area contributed by atoms with Crippen LogP contribution in [0.15, 0.2) is 47.4 Å². The van der Waals surface area contributed by atoms with Crippen LogP contribution in [0.4, 0.5) is 14.5 Å². The van der Waals surface area contributed by atoms with E-state index in [0.29, 0.717) is 11.8 Å². The van der Waals surface area contributed by atoms with E-state index in [0.717, 1.165) is 28.4 Å². The lowest BCUT2D eigenvalue weighted by Crippen LogP contribution is -2.41. The summed E-state index contributed by atoms with van der Waals surface area (Å²) < 4.78 is 58.0. The van der Waals surface area contributed by atoms with Gasteiger partial charge in [-0.25, -0.2) is 17.2 Å². The van der Waals surface area contributed by atoms with Gasteiger partial charge in [0.1, 0.15) is 0 Å².